The summed E-state index contributed by atoms with van der Waals surface area (Å²) < 4.78 is 7.79. The van der Waals surface area contributed by atoms with Crippen LogP contribution in [0.15, 0.2) is 38.6 Å². The quantitative estimate of drug-likeness (QED) is 0.600. The molecule has 114 valence electrons. The van der Waals surface area contributed by atoms with Crippen LogP contribution in [0, 0.1) is 0 Å². The van der Waals surface area contributed by atoms with Gasteiger partial charge in [0.15, 0.2) is 0 Å². The SMILES string of the molecule is CCCNC(c1ccc(Br)s1)c1ccc(OCC)cc1Br. The molecule has 0 aliphatic heterocycles. The standard InChI is InChI=1S/C16H19Br2NOS/c1-3-9-19-16(14-7-8-15(18)21-14)12-6-5-11(20-4-2)10-13(12)17/h5-8,10,16,19H,3-4,9H2,1-2H3. The van der Waals surface area contributed by atoms with Crippen molar-refractivity contribution in [2.75, 3.05) is 13.2 Å². The van der Waals surface area contributed by atoms with Gasteiger partial charge in [-0.15, -0.1) is 11.3 Å². The molecule has 2 aromatic rings. The van der Waals surface area contributed by atoms with Crippen molar-refractivity contribution < 1.29 is 4.74 Å². The lowest BCUT2D eigenvalue weighted by Gasteiger charge is -2.20. The van der Waals surface area contributed by atoms with Gasteiger partial charge in [-0.05, 0) is 65.6 Å². The number of thiophene rings is 1. The topological polar surface area (TPSA) is 21.3 Å². The Bertz CT molecular complexity index is 585. The zero-order valence-corrected chi connectivity index (χ0v) is 16.1. The van der Waals surface area contributed by atoms with E-state index in [9.17, 15) is 0 Å². The van der Waals surface area contributed by atoms with Gasteiger partial charge in [-0.3, -0.25) is 0 Å². The largest absolute Gasteiger partial charge is 0.494 e. The van der Waals surface area contributed by atoms with Crippen LogP contribution >= 0.6 is 43.2 Å². The van der Waals surface area contributed by atoms with Gasteiger partial charge in [0.25, 0.3) is 0 Å². The van der Waals surface area contributed by atoms with Crippen molar-refractivity contribution in [2.24, 2.45) is 0 Å². The van der Waals surface area contributed by atoms with Gasteiger partial charge in [0.05, 0.1) is 16.4 Å². The number of halogens is 2. The molecule has 1 unspecified atom stereocenters. The van der Waals surface area contributed by atoms with E-state index in [2.05, 4.69) is 62.3 Å². The summed E-state index contributed by atoms with van der Waals surface area (Å²) in [6, 6.07) is 10.7. The fourth-order valence-electron chi connectivity index (χ4n) is 2.13. The van der Waals surface area contributed by atoms with Crippen LogP contribution in [0.5, 0.6) is 5.75 Å². The van der Waals surface area contributed by atoms with Crippen LogP contribution < -0.4 is 10.1 Å². The molecule has 2 rings (SSSR count). The number of hydrogen-bond donors (Lipinski definition) is 1. The van der Waals surface area contributed by atoms with Crippen LogP contribution in [0.1, 0.15) is 36.8 Å². The molecule has 0 radical (unpaired) electrons. The maximum absolute atomic E-state index is 5.56. The summed E-state index contributed by atoms with van der Waals surface area (Å²) in [5.41, 5.74) is 1.24. The predicted molar refractivity (Wildman–Crippen MR) is 97.5 cm³/mol. The van der Waals surface area contributed by atoms with Crippen LogP contribution in [0.25, 0.3) is 0 Å². The first-order valence-electron chi connectivity index (χ1n) is 7.06. The fraction of sp³-hybridized carbons (Fsp3) is 0.375. The maximum atomic E-state index is 5.56. The Morgan fingerprint density at radius 1 is 1.19 bits per heavy atom. The van der Waals surface area contributed by atoms with Gasteiger partial charge in [0.1, 0.15) is 5.75 Å². The molecule has 21 heavy (non-hydrogen) atoms. The van der Waals surface area contributed by atoms with Crippen molar-refractivity contribution in [1.29, 1.82) is 0 Å². The summed E-state index contributed by atoms with van der Waals surface area (Å²) in [6.45, 7) is 5.85. The Morgan fingerprint density at radius 3 is 2.57 bits per heavy atom. The molecule has 0 aliphatic carbocycles. The first-order valence-corrected chi connectivity index (χ1v) is 9.46. The minimum atomic E-state index is 0.200. The molecule has 0 bridgehead atoms. The highest BCUT2D eigenvalue weighted by atomic mass is 79.9. The number of benzene rings is 1. The number of nitrogens with one attached hydrogen (secondary N) is 1. The highest BCUT2D eigenvalue weighted by molar-refractivity contribution is 9.11. The lowest BCUT2D eigenvalue weighted by atomic mass is 10.0. The average Bonchev–Trinajstić information content (AvgIpc) is 2.88. The van der Waals surface area contributed by atoms with Crippen LogP contribution in [0.3, 0.4) is 0 Å². The number of ether oxygens (including phenoxy) is 1. The monoisotopic (exact) mass is 431 g/mol. The molecule has 0 fully saturated rings. The van der Waals surface area contributed by atoms with E-state index < -0.39 is 0 Å². The van der Waals surface area contributed by atoms with Crippen molar-refractivity contribution >= 4 is 43.2 Å². The molecule has 0 saturated carbocycles. The van der Waals surface area contributed by atoms with E-state index >= 15 is 0 Å². The van der Waals surface area contributed by atoms with E-state index in [4.69, 9.17) is 4.74 Å². The van der Waals surface area contributed by atoms with Crippen molar-refractivity contribution in [3.63, 3.8) is 0 Å². The molecule has 1 heterocycles. The molecule has 1 N–H and O–H groups in total. The summed E-state index contributed by atoms with van der Waals surface area (Å²) >= 11 is 9.00. The smallest absolute Gasteiger partial charge is 0.120 e. The minimum Gasteiger partial charge on any atom is -0.494 e. The summed E-state index contributed by atoms with van der Waals surface area (Å²) in [7, 11) is 0. The molecule has 0 amide bonds. The van der Waals surface area contributed by atoms with E-state index in [0.29, 0.717) is 6.61 Å². The van der Waals surface area contributed by atoms with Gasteiger partial charge in [-0.2, -0.15) is 0 Å². The maximum Gasteiger partial charge on any atom is 0.120 e. The van der Waals surface area contributed by atoms with E-state index in [1.54, 1.807) is 11.3 Å². The lowest BCUT2D eigenvalue weighted by molar-refractivity contribution is 0.340. The van der Waals surface area contributed by atoms with E-state index in [-0.39, 0.29) is 6.04 Å². The molecule has 2 nitrogen and oxygen atoms in total. The van der Waals surface area contributed by atoms with Crippen molar-refractivity contribution in [3.05, 3.63) is 49.0 Å². The Labute approximate surface area is 147 Å². The Kier molecular flexibility index (Phi) is 6.74. The molecule has 1 aromatic carbocycles. The van der Waals surface area contributed by atoms with Gasteiger partial charge < -0.3 is 10.1 Å². The zero-order valence-electron chi connectivity index (χ0n) is 12.2. The molecule has 0 saturated heterocycles. The van der Waals surface area contributed by atoms with Crippen LogP contribution in [-0.4, -0.2) is 13.2 Å². The van der Waals surface area contributed by atoms with Crippen molar-refractivity contribution in [1.82, 2.24) is 5.32 Å². The average molecular weight is 433 g/mol. The Hall–Kier alpha value is -0.360. The van der Waals surface area contributed by atoms with Crippen LogP contribution in [0.2, 0.25) is 0 Å². The van der Waals surface area contributed by atoms with Crippen molar-refractivity contribution in [3.8, 4) is 5.75 Å². The Morgan fingerprint density at radius 2 is 2.00 bits per heavy atom. The van der Waals surface area contributed by atoms with Gasteiger partial charge in [0.2, 0.25) is 0 Å². The lowest BCUT2D eigenvalue weighted by Crippen LogP contribution is -2.22. The third-order valence-corrected chi connectivity index (χ3v) is 5.45. The second-order valence-electron chi connectivity index (χ2n) is 4.65. The van der Waals surface area contributed by atoms with E-state index in [0.717, 1.165) is 27.0 Å². The summed E-state index contributed by atoms with van der Waals surface area (Å²) in [5, 5.41) is 3.63. The zero-order chi connectivity index (χ0) is 15.2. The Balaban J connectivity index is 2.32. The third kappa shape index (κ3) is 4.55. The van der Waals surface area contributed by atoms with Gasteiger partial charge in [0, 0.05) is 9.35 Å². The molecule has 1 aromatic heterocycles. The fourth-order valence-corrected chi connectivity index (χ4v) is 4.24. The van der Waals surface area contributed by atoms with Gasteiger partial charge in [-0.1, -0.05) is 28.9 Å². The number of hydrogen-bond acceptors (Lipinski definition) is 3. The third-order valence-electron chi connectivity index (χ3n) is 3.07. The predicted octanol–water partition coefficient (Wildman–Crippen LogP) is 5.76. The molecule has 5 heteroatoms. The molecular weight excluding hydrogens is 414 g/mol. The summed E-state index contributed by atoms with van der Waals surface area (Å²) in [6.07, 6.45) is 1.11. The first-order chi connectivity index (χ1) is 10.2. The molecule has 0 aliphatic rings. The molecule has 0 spiro atoms. The first kappa shape index (κ1) is 17.0. The van der Waals surface area contributed by atoms with Gasteiger partial charge >= 0.3 is 0 Å². The van der Waals surface area contributed by atoms with Crippen LogP contribution in [-0.2, 0) is 0 Å². The van der Waals surface area contributed by atoms with Crippen LogP contribution in [0.4, 0.5) is 0 Å². The molecular formula is C16H19Br2NOS. The highest BCUT2D eigenvalue weighted by Crippen LogP contribution is 2.35. The van der Waals surface area contributed by atoms with Crippen molar-refractivity contribution in [2.45, 2.75) is 26.3 Å². The molecule has 1 atom stereocenters. The minimum absolute atomic E-state index is 0.200. The normalized spacial score (nSPS) is 12.4. The highest BCUT2D eigenvalue weighted by Gasteiger charge is 2.18. The van der Waals surface area contributed by atoms with E-state index in [1.165, 1.54) is 10.4 Å². The summed E-state index contributed by atoms with van der Waals surface area (Å²) in [4.78, 5) is 1.31. The van der Waals surface area contributed by atoms with E-state index in [1.807, 2.05) is 19.1 Å². The second kappa shape index (κ2) is 8.32. The van der Waals surface area contributed by atoms with Gasteiger partial charge in [-0.25, -0.2) is 0 Å². The second-order valence-corrected chi connectivity index (χ2v) is 7.99. The summed E-state index contributed by atoms with van der Waals surface area (Å²) in [5.74, 6) is 0.898. The number of rotatable bonds is 7.